The summed E-state index contributed by atoms with van der Waals surface area (Å²) in [5.74, 6) is 1.03. The fraction of sp³-hybridized carbons (Fsp3) is 0.417. The van der Waals surface area contributed by atoms with Gasteiger partial charge in [-0.1, -0.05) is 0 Å². The molecule has 0 aromatic heterocycles. The number of aliphatic hydroxyl groups excluding tert-OH is 2. The van der Waals surface area contributed by atoms with Gasteiger partial charge in [-0.3, -0.25) is 4.79 Å². The first-order valence-corrected chi connectivity index (χ1v) is 5.96. The molecule has 0 saturated carbocycles. The van der Waals surface area contributed by atoms with Crippen LogP contribution in [0.3, 0.4) is 0 Å². The summed E-state index contributed by atoms with van der Waals surface area (Å²) < 4.78 is 10.6. The Morgan fingerprint density at radius 1 is 1.37 bits per heavy atom. The van der Waals surface area contributed by atoms with Crippen LogP contribution in [0.2, 0.25) is 0 Å². The van der Waals surface area contributed by atoms with Gasteiger partial charge < -0.3 is 29.9 Å². The number of anilines is 2. The van der Waals surface area contributed by atoms with Crippen LogP contribution < -0.4 is 19.7 Å². The first-order valence-electron chi connectivity index (χ1n) is 5.96. The van der Waals surface area contributed by atoms with Gasteiger partial charge in [0.05, 0.1) is 37.2 Å². The molecule has 0 spiro atoms. The molecule has 2 aliphatic rings. The van der Waals surface area contributed by atoms with E-state index in [1.165, 1.54) is 4.90 Å². The molecule has 0 bridgehead atoms. The highest BCUT2D eigenvalue weighted by atomic mass is 16.7. The van der Waals surface area contributed by atoms with E-state index in [0.29, 0.717) is 17.2 Å². The number of carbonyl (C=O) groups is 1. The lowest BCUT2D eigenvalue weighted by Crippen LogP contribution is -2.44. The first kappa shape index (κ1) is 12.1. The van der Waals surface area contributed by atoms with Gasteiger partial charge >= 0.3 is 0 Å². The lowest BCUT2D eigenvalue weighted by Gasteiger charge is -2.31. The van der Waals surface area contributed by atoms with Crippen LogP contribution in [0, 0.1) is 0 Å². The molecule has 0 saturated heterocycles. The van der Waals surface area contributed by atoms with Gasteiger partial charge in [-0.05, 0) is 0 Å². The van der Waals surface area contributed by atoms with Crippen molar-refractivity contribution < 1.29 is 24.5 Å². The van der Waals surface area contributed by atoms with E-state index in [1.807, 2.05) is 0 Å². The Hall–Kier alpha value is -1.99. The van der Waals surface area contributed by atoms with Gasteiger partial charge in [0, 0.05) is 12.1 Å². The van der Waals surface area contributed by atoms with E-state index in [1.54, 1.807) is 12.1 Å². The van der Waals surface area contributed by atoms with Crippen molar-refractivity contribution in [2.75, 3.05) is 36.7 Å². The average molecular weight is 266 g/mol. The number of aliphatic hydroxyl groups is 2. The Morgan fingerprint density at radius 2 is 2.11 bits per heavy atom. The summed E-state index contributed by atoms with van der Waals surface area (Å²) in [6.45, 7) is -0.0447. The third-order valence-electron chi connectivity index (χ3n) is 3.12. The molecule has 1 amide bonds. The molecular weight excluding hydrogens is 252 g/mol. The minimum Gasteiger partial charge on any atom is -0.454 e. The topological polar surface area (TPSA) is 91.3 Å². The molecule has 7 nitrogen and oxygen atoms in total. The Bertz CT molecular complexity index is 519. The van der Waals surface area contributed by atoms with Crippen LogP contribution in [-0.4, -0.2) is 48.7 Å². The Morgan fingerprint density at radius 3 is 2.84 bits per heavy atom. The number of nitrogens with zero attached hydrogens (tertiary/aromatic N) is 1. The normalized spacial score (nSPS) is 18.0. The fourth-order valence-electron chi connectivity index (χ4n) is 2.17. The summed E-state index contributed by atoms with van der Waals surface area (Å²) in [5, 5.41) is 21.4. The molecule has 0 aliphatic carbocycles. The van der Waals surface area contributed by atoms with Crippen molar-refractivity contribution in [3.8, 4) is 11.5 Å². The van der Waals surface area contributed by atoms with Gasteiger partial charge in [-0.15, -0.1) is 0 Å². The van der Waals surface area contributed by atoms with Gasteiger partial charge in [-0.2, -0.15) is 0 Å². The Balaban J connectivity index is 1.97. The van der Waals surface area contributed by atoms with Crippen LogP contribution in [0.5, 0.6) is 11.5 Å². The number of nitrogens with one attached hydrogen (secondary N) is 1. The number of hydrogen-bond acceptors (Lipinski definition) is 6. The Kier molecular flexibility index (Phi) is 2.92. The molecule has 7 heteroatoms. The number of hydrogen-bond donors (Lipinski definition) is 3. The number of carbonyl (C=O) groups excluding carboxylic acids is 1. The maximum absolute atomic E-state index is 11.9. The van der Waals surface area contributed by atoms with Gasteiger partial charge in [0.15, 0.2) is 11.5 Å². The number of benzene rings is 1. The number of ether oxygens (including phenoxy) is 2. The minimum atomic E-state index is -0.972. The maximum atomic E-state index is 11.9. The number of fused-ring (bicyclic) bond motifs is 2. The van der Waals surface area contributed by atoms with E-state index in [2.05, 4.69) is 5.32 Å². The summed E-state index contributed by atoms with van der Waals surface area (Å²) in [5.41, 5.74) is 1.36. The minimum absolute atomic E-state index is 0.0453. The van der Waals surface area contributed by atoms with E-state index < -0.39 is 12.7 Å². The van der Waals surface area contributed by atoms with Crippen molar-refractivity contribution >= 4 is 17.3 Å². The van der Waals surface area contributed by atoms with E-state index >= 15 is 0 Å². The zero-order valence-corrected chi connectivity index (χ0v) is 10.1. The van der Waals surface area contributed by atoms with Crippen molar-refractivity contribution in [1.82, 2.24) is 0 Å². The lowest BCUT2D eigenvalue weighted by molar-refractivity contribution is -0.117. The second kappa shape index (κ2) is 4.60. The molecule has 19 heavy (non-hydrogen) atoms. The van der Waals surface area contributed by atoms with Gasteiger partial charge in [0.2, 0.25) is 12.7 Å². The highest BCUT2D eigenvalue weighted by Gasteiger charge is 2.28. The zero-order valence-electron chi connectivity index (χ0n) is 10.1. The molecule has 1 aromatic carbocycles. The van der Waals surface area contributed by atoms with Gasteiger partial charge in [-0.25, -0.2) is 0 Å². The summed E-state index contributed by atoms with van der Waals surface area (Å²) in [6, 6.07) is 3.47. The third kappa shape index (κ3) is 2.06. The second-order valence-corrected chi connectivity index (χ2v) is 4.42. The molecule has 3 N–H and O–H groups in total. The van der Waals surface area contributed by atoms with E-state index in [9.17, 15) is 9.90 Å². The molecule has 0 radical (unpaired) electrons. The molecule has 1 atom stereocenters. The molecule has 2 heterocycles. The first-order chi connectivity index (χ1) is 9.19. The molecular formula is C12H14N2O5. The monoisotopic (exact) mass is 266 g/mol. The summed E-state index contributed by atoms with van der Waals surface area (Å²) >= 11 is 0. The van der Waals surface area contributed by atoms with Crippen molar-refractivity contribution in [1.29, 1.82) is 0 Å². The van der Waals surface area contributed by atoms with Crippen LogP contribution >= 0.6 is 0 Å². The molecule has 102 valence electrons. The molecule has 3 rings (SSSR count). The largest absolute Gasteiger partial charge is 0.454 e. The predicted molar refractivity (Wildman–Crippen MR) is 66.5 cm³/mol. The van der Waals surface area contributed by atoms with Crippen molar-refractivity contribution in [2.24, 2.45) is 0 Å². The van der Waals surface area contributed by atoms with Gasteiger partial charge in [0.25, 0.3) is 0 Å². The average Bonchev–Trinajstić information content (AvgIpc) is 2.87. The molecule has 1 aromatic rings. The smallest absolute Gasteiger partial charge is 0.246 e. The van der Waals surface area contributed by atoms with Crippen LogP contribution in [-0.2, 0) is 4.79 Å². The van der Waals surface area contributed by atoms with Crippen LogP contribution in [0.1, 0.15) is 0 Å². The highest BCUT2D eigenvalue weighted by Crippen LogP contribution is 2.42. The van der Waals surface area contributed by atoms with Crippen molar-refractivity contribution in [3.05, 3.63) is 12.1 Å². The Labute approximate surface area is 109 Å². The van der Waals surface area contributed by atoms with Gasteiger partial charge in [0.1, 0.15) is 0 Å². The SMILES string of the molecule is O=C1CNc2cc3c(cc2N1CC(O)CO)OCO3. The molecule has 2 aliphatic heterocycles. The number of β-amino-alcohol motifs (C(OH)–C–C–N with tert-alkyl or cyclic N) is 1. The number of rotatable bonds is 3. The molecule has 1 unspecified atom stereocenters. The maximum Gasteiger partial charge on any atom is 0.246 e. The van der Waals surface area contributed by atoms with E-state index in [-0.39, 0.29) is 25.8 Å². The van der Waals surface area contributed by atoms with E-state index in [4.69, 9.17) is 14.6 Å². The summed E-state index contributed by atoms with van der Waals surface area (Å²) in [4.78, 5) is 13.3. The quantitative estimate of drug-likeness (QED) is 0.685. The van der Waals surface area contributed by atoms with E-state index in [0.717, 1.165) is 5.69 Å². The van der Waals surface area contributed by atoms with Crippen LogP contribution in [0.4, 0.5) is 11.4 Å². The second-order valence-electron chi connectivity index (χ2n) is 4.42. The lowest BCUT2D eigenvalue weighted by atomic mass is 10.1. The standard InChI is InChI=1S/C12H14N2O5/c15-5-7(16)4-14-9-2-11-10(18-6-19-11)1-8(9)13-3-12(14)17/h1-2,7,13,15-16H,3-6H2. The summed E-state index contributed by atoms with van der Waals surface area (Å²) in [6.07, 6.45) is -0.972. The number of amides is 1. The predicted octanol–water partition coefficient (Wildman–Crippen LogP) is -0.473. The van der Waals surface area contributed by atoms with Crippen molar-refractivity contribution in [3.63, 3.8) is 0 Å². The van der Waals surface area contributed by atoms with Crippen LogP contribution in [0.25, 0.3) is 0 Å². The van der Waals surface area contributed by atoms with Crippen molar-refractivity contribution in [2.45, 2.75) is 6.10 Å². The summed E-state index contributed by atoms with van der Waals surface area (Å²) in [7, 11) is 0. The van der Waals surface area contributed by atoms with Crippen LogP contribution in [0.15, 0.2) is 12.1 Å². The fourth-order valence-corrected chi connectivity index (χ4v) is 2.17. The third-order valence-corrected chi connectivity index (χ3v) is 3.12. The molecule has 0 fully saturated rings. The zero-order chi connectivity index (χ0) is 13.4. The highest BCUT2D eigenvalue weighted by molar-refractivity contribution is 6.03.